The summed E-state index contributed by atoms with van der Waals surface area (Å²) in [6.07, 6.45) is 8.53. The monoisotopic (exact) mass is 440 g/mol. The summed E-state index contributed by atoms with van der Waals surface area (Å²) in [6.45, 7) is 1.88. The molecule has 1 saturated carbocycles. The third-order valence-electron chi connectivity index (χ3n) is 5.63. The van der Waals surface area contributed by atoms with E-state index in [4.69, 9.17) is 21.5 Å². The highest BCUT2D eigenvalue weighted by Crippen LogP contribution is 2.26. The van der Waals surface area contributed by atoms with Gasteiger partial charge in [-0.15, -0.1) is 0 Å². The normalized spacial score (nSPS) is 16.4. The highest BCUT2D eigenvalue weighted by molar-refractivity contribution is 5.65. The number of nitrogens with two attached hydrogens (primary N) is 2. The molecule has 4 N–H and O–H groups in total. The Labute approximate surface area is 187 Å². The molecule has 1 aliphatic heterocycles. The maximum Gasteiger partial charge on any atom is 0.404 e. The molecule has 1 amide bonds. The van der Waals surface area contributed by atoms with E-state index in [0.717, 1.165) is 57.4 Å². The first-order valence-corrected chi connectivity index (χ1v) is 11.0. The van der Waals surface area contributed by atoms with Gasteiger partial charge in [0.1, 0.15) is 23.8 Å². The van der Waals surface area contributed by atoms with Crippen LogP contribution in [0.25, 0.3) is 11.3 Å². The van der Waals surface area contributed by atoms with E-state index in [-0.39, 0.29) is 17.6 Å². The molecule has 2 aliphatic rings. The zero-order valence-corrected chi connectivity index (χ0v) is 18.1. The zero-order chi connectivity index (χ0) is 22.9. The summed E-state index contributed by atoms with van der Waals surface area (Å²) in [6, 6.07) is 8.05. The van der Waals surface area contributed by atoms with Crippen LogP contribution in [0.15, 0.2) is 24.3 Å². The van der Waals surface area contributed by atoms with Crippen molar-refractivity contribution in [2.24, 2.45) is 5.73 Å². The fourth-order valence-electron chi connectivity index (χ4n) is 4.00. The molecule has 2 fully saturated rings. The van der Waals surface area contributed by atoms with E-state index in [1.165, 1.54) is 25.0 Å². The Balaban J connectivity index is 0.000000243. The number of benzene rings is 1. The van der Waals surface area contributed by atoms with Crippen LogP contribution in [0.4, 0.5) is 21.0 Å². The average molecular weight is 441 g/mol. The van der Waals surface area contributed by atoms with E-state index in [1.54, 1.807) is 6.07 Å². The van der Waals surface area contributed by atoms with Crippen LogP contribution in [0.3, 0.4) is 0 Å². The summed E-state index contributed by atoms with van der Waals surface area (Å²) in [7, 11) is 0. The van der Waals surface area contributed by atoms with Crippen molar-refractivity contribution in [3.63, 3.8) is 0 Å². The summed E-state index contributed by atoms with van der Waals surface area (Å²) in [5.74, 6) is 0.381. The topological polar surface area (TPSA) is 131 Å². The van der Waals surface area contributed by atoms with Gasteiger partial charge in [-0.2, -0.15) is 10.2 Å². The number of hydrogen-bond acceptors (Lipinski definition) is 7. The number of amides is 1. The SMILES string of the molecule is N#Cc1ccc(-c2cc(N3CCCCC3)nc(N)n2)cc1F.NC(=O)OC1CCCCC1. The van der Waals surface area contributed by atoms with E-state index in [0.29, 0.717) is 11.3 Å². The van der Waals surface area contributed by atoms with Gasteiger partial charge in [-0.3, -0.25) is 0 Å². The van der Waals surface area contributed by atoms with Crippen LogP contribution in [0.1, 0.15) is 56.9 Å². The third kappa shape index (κ3) is 6.54. The minimum Gasteiger partial charge on any atom is -0.446 e. The van der Waals surface area contributed by atoms with Crippen molar-refractivity contribution in [1.29, 1.82) is 5.26 Å². The molecule has 9 heteroatoms. The van der Waals surface area contributed by atoms with Crippen LogP contribution in [0.2, 0.25) is 0 Å². The molecule has 170 valence electrons. The molecule has 1 aliphatic carbocycles. The van der Waals surface area contributed by atoms with Crippen molar-refractivity contribution < 1.29 is 13.9 Å². The van der Waals surface area contributed by atoms with E-state index >= 15 is 0 Å². The Kier molecular flexibility index (Phi) is 8.20. The minimum atomic E-state index is -0.632. The highest BCUT2D eigenvalue weighted by Gasteiger charge is 2.16. The standard InChI is InChI=1S/C16H16FN5.C7H13NO2/c17-13-8-11(4-5-12(13)10-18)14-9-15(21-16(19)20-14)22-6-2-1-3-7-22;8-7(9)10-6-4-2-1-3-5-6/h4-5,8-9H,1-3,6-7H2,(H2,19,20,21);6H,1-5H2,(H2,8,9). The second-order valence-corrected chi connectivity index (χ2v) is 8.02. The molecule has 0 atom stereocenters. The number of primary amides is 1. The number of nitriles is 1. The molecule has 1 aromatic carbocycles. The predicted molar refractivity (Wildman–Crippen MR) is 120 cm³/mol. The van der Waals surface area contributed by atoms with Gasteiger partial charge in [-0.05, 0) is 57.1 Å². The predicted octanol–water partition coefficient (Wildman–Crippen LogP) is 4.14. The zero-order valence-electron chi connectivity index (χ0n) is 18.1. The van der Waals surface area contributed by atoms with Gasteiger partial charge in [-0.25, -0.2) is 14.2 Å². The number of ether oxygens (including phenoxy) is 1. The average Bonchev–Trinajstić information content (AvgIpc) is 2.80. The van der Waals surface area contributed by atoms with Crippen molar-refractivity contribution in [1.82, 2.24) is 9.97 Å². The molecule has 0 bridgehead atoms. The summed E-state index contributed by atoms with van der Waals surface area (Å²) in [5.41, 5.74) is 11.8. The maximum atomic E-state index is 13.8. The van der Waals surface area contributed by atoms with E-state index < -0.39 is 11.9 Å². The fourth-order valence-corrected chi connectivity index (χ4v) is 4.00. The van der Waals surface area contributed by atoms with E-state index in [2.05, 4.69) is 14.9 Å². The molecule has 0 radical (unpaired) electrons. The Bertz CT molecular complexity index is 965. The molecule has 2 heterocycles. The van der Waals surface area contributed by atoms with Gasteiger partial charge in [0.05, 0.1) is 11.3 Å². The van der Waals surface area contributed by atoms with Crippen molar-refractivity contribution in [2.75, 3.05) is 23.7 Å². The molecule has 2 aromatic rings. The Hall–Kier alpha value is -3.41. The van der Waals surface area contributed by atoms with Crippen LogP contribution in [-0.4, -0.2) is 35.3 Å². The second kappa shape index (κ2) is 11.3. The fraction of sp³-hybridized carbons (Fsp3) is 0.478. The molecule has 1 saturated heterocycles. The number of halogens is 1. The van der Waals surface area contributed by atoms with Gasteiger partial charge in [0, 0.05) is 24.7 Å². The lowest BCUT2D eigenvalue weighted by Gasteiger charge is -2.28. The Morgan fingerprint density at radius 3 is 2.41 bits per heavy atom. The first-order chi connectivity index (χ1) is 15.5. The van der Waals surface area contributed by atoms with Crippen molar-refractivity contribution in [2.45, 2.75) is 57.5 Å². The first-order valence-electron chi connectivity index (χ1n) is 11.0. The second-order valence-electron chi connectivity index (χ2n) is 8.02. The number of nitrogen functional groups attached to an aromatic ring is 1. The molecule has 4 rings (SSSR count). The Morgan fingerprint density at radius 1 is 1.09 bits per heavy atom. The summed E-state index contributed by atoms with van der Waals surface area (Å²) >= 11 is 0. The lowest BCUT2D eigenvalue weighted by atomic mass is 9.98. The highest BCUT2D eigenvalue weighted by atomic mass is 19.1. The van der Waals surface area contributed by atoms with Gasteiger partial charge in [-0.1, -0.05) is 12.5 Å². The van der Waals surface area contributed by atoms with Crippen molar-refractivity contribution in [3.8, 4) is 17.3 Å². The minimum absolute atomic E-state index is 0.0158. The summed E-state index contributed by atoms with van der Waals surface area (Å²) < 4.78 is 18.6. The van der Waals surface area contributed by atoms with Crippen LogP contribution >= 0.6 is 0 Å². The molecule has 8 nitrogen and oxygen atoms in total. The van der Waals surface area contributed by atoms with E-state index in [9.17, 15) is 9.18 Å². The number of nitrogens with zero attached hydrogens (tertiary/aromatic N) is 4. The molecule has 0 spiro atoms. The Morgan fingerprint density at radius 2 is 1.78 bits per heavy atom. The van der Waals surface area contributed by atoms with Gasteiger partial charge < -0.3 is 21.1 Å². The largest absolute Gasteiger partial charge is 0.446 e. The molecular weight excluding hydrogens is 411 g/mol. The van der Waals surface area contributed by atoms with Crippen molar-refractivity contribution in [3.05, 3.63) is 35.6 Å². The molecule has 32 heavy (non-hydrogen) atoms. The van der Waals surface area contributed by atoms with Crippen molar-refractivity contribution >= 4 is 17.9 Å². The number of carbonyl (C=O) groups is 1. The molecule has 0 unspecified atom stereocenters. The number of piperidine rings is 1. The number of aromatic nitrogens is 2. The third-order valence-corrected chi connectivity index (χ3v) is 5.63. The van der Waals surface area contributed by atoms with Crippen LogP contribution < -0.4 is 16.4 Å². The number of anilines is 2. The van der Waals surface area contributed by atoms with Gasteiger partial charge >= 0.3 is 6.09 Å². The molecule has 1 aromatic heterocycles. The van der Waals surface area contributed by atoms with Crippen LogP contribution in [0.5, 0.6) is 0 Å². The molecular formula is C23H29FN6O2. The van der Waals surface area contributed by atoms with Crippen LogP contribution in [0, 0.1) is 17.1 Å². The number of carbonyl (C=O) groups excluding carboxylic acids is 1. The summed E-state index contributed by atoms with van der Waals surface area (Å²) in [4.78, 5) is 20.9. The lowest BCUT2D eigenvalue weighted by Crippen LogP contribution is -2.30. The summed E-state index contributed by atoms with van der Waals surface area (Å²) in [5, 5.41) is 8.80. The van der Waals surface area contributed by atoms with Gasteiger partial charge in [0.15, 0.2) is 0 Å². The van der Waals surface area contributed by atoms with E-state index in [1.807, 2.05) is 12.1 Å². The quantitative estimate of drug-likeness (QED) is 0.733. The number of rotatable bonds is 3. The van der Waals surface area contributed by atoms with Crippen LogP contribution in [-0.2, 0) is 4.74 Å². The lowest BCUT2D eigenvalue weighted by molar-refractivity contribution is 0.0829. The first kappa shape index (κ1) is 23.3. The number of hydrogen-bond donors (Lipinski definition) is 2. The van der Waals surface area contributed by atoms with Gasteiger partial charge in [0.2, 0.25) is 5.95 Å². The maximum absolute atomic E-state index is 13.8. The smallest absolute Gasteiger partial charge is 0.404 e. The van der Waals surface area contributed by atoms with Gasteiger partial charge in [0.25, 0.3) is 0 Å².